The van der Waals surface area contributed by atoms with Crippen LogP contribution in [0.4, 0.5) is 10.5 Å². The van der Waals surface area contributed by atoms with E-state index in [-0.39, 0.29) is 17.6 Å². The topological polar surface area (TPSA) is 41.6 Å². The Balaban J connectivity index is 1.11. The molecule has 4 heteroatoms. The van der Waals surface area contributed by atoms with Gasteiger partial charge in [0, 0.05) is 30.7 Å². The van der Waals surface area contributed by atoms with Crippen LogP contribution in [-0.2, 0) is 10.2 Å². The van der Waals surface area contributed by atoms with Gasteiger partial charge < -0.3 is 15.0 Å². The zero-order chi connectivity index (χ0) is 18.0. The second kappa shape index (κ2) is 5.89. The van der Waals surface area contributed by atoms with Crippen molar-refractivity contribution in [3.05, 3.63) is 29.8 Å². The normalized spacial score (nSPS) is 37.9. The molecule has 2 heterocycles. The average molecular weight is 367 g/mol. The maximum Gasteiger partial charge on any atom is 0.410 e. The van der Waals surface area contributed by atoms with E-state index < -0.39 is 0 Å². The van der Waals surface area contributed by atoms with Crippen molar-refractivity contribution in [3.63, 3.8) is 0 Å². The van der Waals surface area contributed by atoms with E-state index in [9.17, 15) is 4.79 Å². The SMILES string of the molecule is O=C(OC1C2CC3CC(C2)CC1C3)N1CCC2(CC1)CNc1ccccc12. The van der Waals surface area contributed by atoms with Gasteiger partial charge in [-0.05, 0) is 80.2 Å². The Bertz CT molecular complexity index is 725. The maximum atomic E-state index is 12.9. The molecule has 1 N–H and O–H groups in total. The van der Waals surface area contributed by atoms with Crippen molar-refractivity contribution in [2.75, 3.05) is 25.0 Å². The standard InChI is InChI=1S/C23H30N2O2/c26-22(27-21-17-10-15-9-16(12-17)13-18(21)11-15)25-7-5-23(6-8-25)14-24-20-4-2-1-3-19(20)23/h1-4,15-18,21,24H,5-14H2. The lowest BCUT2D eigenvalue weighted by molar-refractivity contribution is -0.103. The molecule has 0 aromatic heterocycles. The number of rotatable bonds is 1. The molecule has 27 heavy (non-hydrogen) atoms. The van der Waals surface area contributed by atoms with Crippen LogP contribution in [0.25, 0.3) is 0 Å². The number of benzene rings is 1. The molecule has 1 amide bonds. The molecule has 5 fully saturated rings. The summed E-state index contributed by atoms with van der Waals surface area (Å²) >= 11 is 0. The monoisotopic (exact) mass is 366 g/mol. The predicted octanol–water partition coefficient (Wildman–Crippen LogP) is 4.41. The summed E-state index contributed by atoms with van der Waals surface area (Å²) in [4.78, 5) is 14.9. The second-order valence-corrected chi connectivity index (χ2v) is 9.95. The third-order valence-corrected chi connectivity index (χ3v) is 8.47. The fraction of sp³-hybridized carbons (Fsp3) is 0.696. The number of amides is 1. The van der Waals surface area contributed by atoms with Gasteiger partial charge in [-0.1, -0.05) is 18.2 Å². The van der Waals surface area contributed by atoms with Crippen molar-refractivity contribution < 1.29 is 9.53 Å². The first kappa shape index (κ1) is 16.3. The van der Waals surface area contributed by atoms with Crippen LogP contribution >= 0.6 is 0 Å². The van der Waals surface area contributed by atoms with E-state index in [4.69, 9.17) is 4.74 Å². The van der Waals surface area contributed by atoms with Gasteiger partial charge in [-0.25, -0.2) is 4.79 Å². The molecule has 2 aliphatic heterocycles. The lowest BCUT2D eigenvalue weighted by Gasteiger charge is -2.53. The molecular weight excluding hydrogens is 336 g/mol. The summed E-state index contributed by atoms with van der Waals surface area (Å²) in [5.74, 6) is 3.14. The molecule has 4 nitrogen and oxygen atoms in total. The van der Waals surface area contributed by atoms with Crippen molar-refractivity contribution in [2.24, 2.45) is 23.7 Å². The zero-order valence-electron chi connectivity index (χ0n) is 16.0. The van der Waals surface area contributed by atoms with Crippen molar-refractivity contribution in [1.82, 2.24) is 4.90 Å². The van der Waals surface area contributed by atoms with Gasteiger partial charge in [-0.3, -0.25) is 0 Å². The Labute approximate surface area is 161 Å². The summed E-state index contributed by atoms with van der Waals surface area (Å²) in [5, 5.41) is 3.57. The van der Waals surface area contributed by atoms with Gasteiger partial charge in [-0.15, -0.1) is 0 Å². The minimum Gasteiger partial charge on any atom is -0.446 e. The molecule has 7 rings (SSSR count). The lowest BCUT2D eigenvalue weighted by atomic mass is 9.55. The Hall–Kier alpha value is -1.71. The van der Waals surface area contributed by atoms with Gasteiger partial charge in [0.15, 0.2) is 0 Å². The van der Waals surface area contributed by atoms with E-state index in [0.717, 1.165) is 44.3 Å². The number of ether oxygens (including phenoxy) is 1. The van der Waals surface area contributed by atoms with Crippen LogP contribution in [0.5, 0.6) is 0 Å². The highest BCUT2D eigenvalue weighted by Gasteiger charge is 2.50. The van der Waals surface area contributed by atoms with Crippen LogP contribution in [0.1, 0.15) is 50.5 Å². The van der Waals surface area contributed by atoms with Gasteiger partial charge >= 0.3 is 6.09 Å². The number of hydrogen-bond acceptors (Lipinski definition) is 3. The summed E-state index contributed by atoms with van der Waals surface area (Å²) in [6.07, 6.45) is 8.88. The van der Waals surface area contributed by atoms with Crippen LogP contribution in [-0.4, -0.2) is 36.7 Å². The molecule has 0 radical (unpaired) electrons. The van der Waals surface area contributed by atoms with E-state index >= 15 is 0 Å². The van der Waals surface area contributed by atoms with Gasteiger partial charge in [-0.2, -0.15) is 0 Å². The molecule has 1 saturated heterocycles. The van der Waals surface area contributed by atoms with E-state index in [0.29, 0.717) is 11.8 Å². The molecule has 1 aromatic carbocycles. The molecule has 4 bridgehead atoms. The number of hydrogen-bond donors (Lipinski definition) is 1. The first-order chi connectivity index (χ1) is 13.2. The van der Waals surface area contributed by atoms with Crippen molar-refractivity contribution in [2.45, 2.75) is 56.5 Å². The fourth-order valence-corrected chi connectivity index (χ4v) is 7.28. The first-order valence-electron chi connectivity index (χ1n) is 11.0. The van der Waals surface area contributed by atoms with Crippen molar-refractivity contribution in [3.8, 4) is 0 Å². The van der Waals surface area contributed by atoms with E-state index in [1.165, 1.54) is 43.4 Å². The van der Waals surface area contributed by atoms with Gasteiger partial charge in [0.1, 0.15) is 6.10 Å². The maximum absolute atomic E-state index is 12.9. The van der Waals surface area contributed by atoms with Gasteiger partial charge in [0.25, 0.3) is 0 Å². The molecule has 144 valence electrons. The molecular formula is C23H30N2O2. The van der Waals surface area contributed by atoms with Crippen molar-refractivity contribution >= 4 is 11.8 Å². The smallest absolute Gasteiger partial charge is 0.410 e. The molecule has 1 aromatic rings. The highest BCUT2D eigenvalue weighted by Crippen LogP contribution is 2.54. The number of nitrogens with one attached hydrogen (secondary N) is 1. The minimum atomic E-state index is -0.0402. The molecule has 0 atom stereocenters. The number of carbonyl (C=O) groups excluding carboxylic acids is 1. The minimum absolute atomic E-state index is 0.0402. The highest BCUT2D eigenvalue weighted by molar-refractivity contribution is 5.68. The summed E-state index contributed by atoms with van der Waals surface area (Å²) in [7, 11) is 0. The van der Waals surface area contributed by atoms with Crippen LogP contribution in [0.3, 0.4) is 0 Å². The van der Waals surface area contributed by atoms with Crippen LogP contribution in [0.15, 0.2) is 24.3 Å². The van der Waals surface area contributed by atoms with Crippen LogP contribution in [0, 0.1) is 23.7 Å². The Morgan fingerprint density at radius 3 is 2.37 bits per heavy atom. The van der Waals surface area contributed by atoms with Gasteiger partial charge in [0.05, 0.1) is 0 Å². The molecule has 4 aliphatic carbocycles. The number of para-hydroxylation sites is 1. The number of fused-ring (bicyclic) bond motifs is 2. The molecule has 0 unspecified atom stereocenters. The number of piperidine rings is 1. The average Bonchev–Trinajstić information content (AvgIpc) is 3.03. The fourth-order valence-electron chi connectivity index (χ4n) is 7.28. The molecule has 4 saturated carbocycles. The highest BCUT2D eigenvalue weighted by atomic mass is 16.6. The van der Waals surface area contributed by atoms with Gasteiger partial charge in [0.2, 0.25) is 0 Å². The molecule has 1 spiro atoms. The summed E-state index contributed by atoms with van der Waals surface area (Å²) in [6, 6.07) is 8.68. The number of likely N-dealkylation sites (tertiary alicyclic amines) is 1. The summed E-state index contributed by atoms with van der Waals surface area (Å²) < 4.78 is 6.16. The molecule has 6 aliphatic rings. The number of anilines is 1. The quantitative estimate of drug-likeness (QED) is 0.801. The predicted molar refractivity (Wildman–Crippen MR) is 105 cm³/mol. The lowest BCUT2D eigenvalue weighted by Crippen LogP contribution is -2.52. The third kappa shape index (κ3) is 2.51. The zero-order valence-corrected chi connectivity index (χ0v) is 16.0. The van der Waals surface area contributed by atoms with E-state index in [1.54, 1.807) is 0 Å². The Morgan fingerprint density at radius 1 is 1.00 bits per heavy atom. The number of carbonyl (C=O) groups is 1. The van der Waals surface area contributed by atoms with Crippen molar-refractivity contribution in [1.29, 1.82) is 0 Å². The summed E-state index contributed by atoms with van der Waals surface area (Å²) in [5.41, 5.74) is 2.93. The largest absolute Gasteiger partial charge is 0.446 e. The van der Waals surface area contributed by atoms with Crippen LogP contribution < -0.4 is 5.32 Å². The Kier molecular flexibility index (Phi) is 3.55. The third-order valence-electron chi connectivity index (χ3n) is 8.47. The second-order valence-electron chi connectivity index (χ2n) is 9.95. The number of nitrogens with zero attached hydrogens (tertiary/aromatic N) is 1. The van der Waals surface area contributed by atoms with E-state index in [1.807, 2.05) is 4.90 Å². The van der Waals surface area contributed by atoms with E-state index in [2.05, 4.69) is 29.6 Å². The Morgan fingerprint density at radius 2 is 1.67 bits per heavy atom. The van der Waals surface area contributed by atoms with Crippen LogP contribution in [0.2, 0.25) is 0 Å². The summed E-state index contributed by atoms with van der Waals surface area (Å²) in [6.45, 7) is 2.65. The first-order valence-corrected chi connectivity index (χ1v) is 11.0.